The predicted octanol–water partition coefficient (Wildman–Crippen LogP) is -0.473. The van der Waals surface area contributed by atoms with Gasteiger partial charge in [0, 0.05) is 0 Å². The van der Waals surface area contributed by atoms with Gasteiger partial charge in [0.25, 0.3) is 0 Å². The molecular weight excluding hydrogens is 132 g/mol. The molecule has 0 aromatic rings. The van der Waals surface area contributed by atoms with Crippen molar-refractivity contribution in [2.24, 2.45) is 0 Å². The van der Waals surface area contributed by atoms with Crippen LogP contribution in [0.15, 0.2) is 0 Å². The maximum atomic E-state index is 8.28. The van der Waals surface area contributed by atoms with Crippen LogP contribution in [0.25, 0.3) is 0 Å². The first-order valence-corrected chi connectivity index (χ1v) is 2.68. The van der Waals surface area contributed by atoms with Crippen LogP contribution in [0.4, 0.5) is 0 Å². The molecule has 0 aliphatic heterocycles. The summed E-state index contributed by atoms with van der Waals surface area (Å²) < 4.78 is -0.917. The molecule has 7 heavy (non-hydrogen) atoms. The lowest BCUT2D eigenvalue weighted by atomic mass is 10.5. The standard InChI is InChI=1S/C3H8O2S2/c4-1-3(6,7)2-5/h4-7H,1-2H2. The first kappa shape index (κ1) is 7.62. The third kappa shape index (κ3) is 3.22. The van der Waals surface area contributed by atoms with Gasteiger partial charge in [-0.3, -0.25) is 0 Å². The van der Waals surface area contributed by atoms with Crippen LogP contribution in [0.2, 0.25) is 0 Å². The van der Waals surface area contributed by atoms with Crippen LogP contribution in [-0.4, -0.2) is 27.5 Å². The van der Waals surface area contributed by atoms with E-state index in [2.05, 4.69) is 25.3 Å². The van der Waals surface area contributed by atoms with Gasteiger partial charge < -0.3 is 10.2 Å². The summed E-state index contributed by atoms with van der Waals surface area (Å²) in [5.41, 5.74) is 0. The van der Waals surface area contributed by atoms with Gasteiger partial charge in [-0.2, -0.15) is 25.3 Å². The van der Waals surface area contributed by atoms with Crippen molar-refractivity contribution in [1.29, 1.82) is 0 Å². The second kappa shape index (κ2) is 2.81. The minimum atomic E-state index is -0.917. The highest BCUT2D eigenvalue weighted by Crippen LogP contribution is 2.15. The van der Waals surface area contributed by atoms with Crippen molar-refractivity contribution in [3.63, 3.8) is 0 Å². The quantitative estimate of drug-likeness (QED) is 0.309. The lowest BCUT2D eigenvalue weighted by Gasteiger charge is -2.13. The summed E-state index contributed by atoms with van der Waals surface area (Å²) >= 11 is 7.50. The topological polar surface area (TPSA) is 40.5 Å². The van der Waals surface area contributed by atoms with E-state index in [-0.39, 0.29) is 13.2 Å². The Morgan fingerprint density at radius 2 is 1.43 bits per heavy atom. The molecule has 0 amide bonds. The van der Waals surface area contributed by atoms with Gasteiger partial charge in [-0.1, -0.05) is 0 Å². The van der Waals surface area contributed by atoms with Crippen molar-refractivity contribution < 1.29 is 10.2 Å². The molecule has 0 aliphatic rings. The molecule has 0 fully saturated rings. The second-order valence-electron chi connectivity index (χ2n) is 1.30. The molecule has 0 bridgehead atoms. The summed E-state index contributed by atoms with van der Waals surface area (Å²) in [7, 11) is 0. The van der Waals surface area contributed by atoms with Gasteiger partial charge in [-0.05, 0) is 0 Å². The SMILES string of the molecule is OCC(S)(S)CO. The summed E-state index contributed by atoms with van der Waals surface area (Å²) in [4.78, 5) is 0. The molecule has 0 spiro atoms. The monoisotopic (exact) mass is 140 g/mol. The molecule has 0 radical (unpaired) electrons. The largest absolute Gasteiger partial charge is 0.394 e. The third-order valence-electron chi connectivity index (χ3n) is 0.506. The minimum absolute atomic E-state index is 0.226. The molecule has 2 N–H and O–H groups in total. The Morgan fingerprint density at radius 1 is 1.14 bits per heavy atom. The summed E-state index contributed by atoms with van der Waals surface area (Å²) in [6.45, 7) is -0.453. The molecule has 0 saturated heterocycles. The van der Waals surface area contributed by atoms with Crippen molar-refractivity contribution >= 4 is 25.3 Å². The summed E-state index contributed by atoms with van der Waals surface area (Å²) in [6, 6.07) is 0. The van der Waals surface area contributed by atoms with E-state index in [4.69, 9.17) is 10.2 Å². The number of aliphatic hydroxyl groups excluding tert-OH is 2. The van der Waals surface area contributed by atoms with E-state index in [1.54, 1.807) is 0 Å². The lowest BCUT2D eigenvalue weighted by Crippen LogP contribution is -2.23. The van der Waals surface area contributed by atoms with Crippen LogP contribution >= 0.6 is 25.3 Å². The van der Waals surface area contributed by atoms with Gasteiger partial charge in [-0.15, -0.1) is 0 Å². The molecule has 2 nitrogen and oxygen atoms in total. The third-order valence-corrected chi connectivity index (χ3v) is 1.07. The van der Waals surface area contributed by atoms with Crippen LogP contribution in [0.1, 0.15) is 0 Å². The number of aliphatic hydroxyl groups is 2. The average molecular weight is 140 g/mol. The molecule has 0 aromatic heterocycles. The van der Waals surface area contributed by atoms with Gasteiger partial charge in [0.1, 0.15) is 4.08 Å². The van der Waals surface area contributed by atoms with Crippen molar-refractivity contribution in [3.05, 3.63) is 0 Å². The van der Waals surface area contributed by atoms with Crippen LogP contribution in [0, 0.1) is 0 Å². The van der Waals surface area contributed by atoms with E-state index >= 15 is 0 Å². The highest BCUT2D eigenvalue weighted by atomic mass is 32.2. The zero-order valence-corrected chi connectivity index (χ0v) is 5.49. The summed E-state index contributed by atoms with van der Waals surface area (Å²) in [6.07, 6.45) is 0. The maximum Gasteiger partial charge on any atom is 0.101 e. The molecule has 0 unspecified atom stereocenters. The second-order valence-corrected chi connectivity index (χ2v) is 3.36. The van der Waals surface area contributed by atoms with Gasteiger partial charge >= 0.3 is 0 Å². The van der Waals surface area contributed by atoms with Gasteiger partial charge in [0.05, 0.1) is 13.2 Å². The maximum absolute atomic E-state index is 8.28. The molecule has 0 rings (SSSR count). The number of thiol groups is 2. The highest BCUT2D eigenvalue weighted by molar-refractivity contribution is 8.00. The Kier molecular flexibility index (Phi) is 3.06. The van der Waals surface area contributed by atoms with Crippen LogP contribution in [-0.2, 0) is 0 Å². The fourth-order valence-corrected chi connectivity index (χ4v) is 0.0500. The smallest absolute Gasteiger partial charge is 0.101 e. The van der Waals surface area contributed by atoms with Crippen molar-refractivity contribution in [3.8, 4) is 0 Å². The van der Waals surface area contributed by atoms with Gasteiger partial charge in [-0.25, -0.2) is 0 Å². The molecular formula is C3H8O2S2. The molecule has 0 atom stereocenters. The molecule has 0 saturated carbocycles. The van der Waals surface area contributed by atoms with E-state index in [1.165, 1.54) is 0 Å². The Bertz CT molecular complexity index is 48.9. The predicted molar refractivity (Wildman–Crippen MR) is 34.9 cm³/mol. The fourth-order valence-electron chi connectivity index (χ4n) is 0.0500. The zero-order valence-electron chi connectivity index (χ0n) is 3.70. The van der Waals surface area contributed by atoms with E-state index in [0.29, 0.717) is 0 Å². The average Bonchev–Trinajstić information content (AvgIpc) is 1.68. The Balaban J connectivity index is 3.36. The number of hydrogen-bond donors (Lipinski definition) is 4. The normalized spacial score (nSPS) is 12.0. The van der Waals surface area contributed by atoms with Crippen LogP contribution < -0.4 is 0 Å². The minimum Gasteiger partial charge on any atom is -0.394 e. The summed E-state index contributed by atoms with van der Waals surface area (Å²) in [5, 5.41) is 16.6. The van der Waals surface area contributed by atoms with E-state index < -0.39 is 4.08 Å². The van der Waals surface area contributed by atoms with Gasteiger partial charge in [0.15, 0.2) is 0 Å². The lowest BCUT2D eigenvalue weighted by molar-refractivity contribution is 0.217. The molecule has 0 heterocycles. The number of hydrogen-bond acceptors (Lipinski definition) is 4. The first-order chi connectivity index (χ1) is 3.12. The number of rotatable bonds is 2. The van der Waals surface area contributed by atoms with Crippen molar-refractivity contribution in [1.82, 2.24) is 0 Å². The Labute approximate surface area is 53.4 Å². The van der Waals surface area contributed by atoms with Crippen LogP contribution in [0.5, 0.6) is 0 Å². The fraction of sp³-hybridized carbons (Fsp3) is 1.00. The molecule has 0 aromatic carbocycles. The molecule has 0 aliphatic carbocycles. The van der Waals surface area contributed by atoms with Gasteiger partial charge in [0.2, 0.25) is 0 Å². The Hall–Kier alpha value is 0.620. The van der Waals surface area contributed by atoms with E-state index in [1.807, 2.05) is 0 Å². The van der Waals surface area contributed by atoms with E-state index in [9.17, 15) is 0 Å². The summed E-state index contributed by atoms with van der Waals surface area (Å²) in [5.74, 6) is 0. The zero-order chi connectivity index (χ0) is 5.91. The molecule has 4 heteroatoms. The molecule has 44 valence electrons. The highest BCUT2D eigenvalue weighted by Gasteiger charge is 2.15. The van der Waals surface area contributed by atoms with Crippen LogP contribution in [0.3, 0.4) is 0 Å². The van der Waals surface area contributed by atoms with Crippen molar-refractivity contribution in [2.75, 3.05) is 13.2 Å². The van der Waals surface area contributed by atoms with E-state index in [0.717, 1.165) is 0 Å². The van der Waals surface area contributed by atoms with Crippen molar-refractivity contribution in [2.45, 2.75) is 4.08 Å². The first-order valence-electron chi connectivity index (χ1n) is 1.79. The Morgan fingerprint density at radius 3 is 1.43 bits per heavy atom.